The summed E-state index contributed by atoms with van der Waals surface area (Å²) in [5.74, 6) is -2.30. The van der Waals surface area contributed by atoms with Gasteiger partial charge in [-0.05, 0) is 6.92 Å². The molecular weight excluding hydrogens is 302 g/mol. The first-order chi connectivity index (χ1) is 10.8. The fourth-order valence-electron chi connectivity index (χ4n) is 2.83. The van der Waals surface area contributed by atoms with Crippen molar-refractivity contribution in [2.75, 3.05) is 33.3 Å². The summed E-state index contributed by atoms with van der Waals surface area (Å²) >= 11 is 0. The number of carbonyl (C=O) groups excluding carboxylic acids is 3. The third-order valence-electron chi connectivity index (χ3n) is 4.26. The average molecular weight is 321 g/mol. The number of ketones is 2. The number of ether oxygens (including phenoxy) is 2. The van der Waals surface area contributed by atoms with Crippen LogP contribution in [0.1, 0.15) is 13.8 Å². The predicted molar refractivity (Wildman–Crippen MR) is 79.0 cm³/mol. The van der Waals surface area contributed by atoms with Crippen LogP contribution in [0.25, 0.3) is 0 Å². The van der Waals surface area contributed by atoms with Crippen molar-refractivity contribution in [2.45, 2.75) is 19.6 Å². The maximum absolute atomic E-state index is 13.0. The molecule has 1 amide bonds. The number of carbonyl (C=O) groups is 3. The molecule has 124 valence electrons. The van der Waals surface area contributed by atoms with Crippen molar-refractivity contribution in [1.82, 2.24) is 9.80 Å². The van der Waals surface area contributed by atoms with Crippen molar-refractivity contribution >= 4 is 17.7 Å². The van der Waals surface area contributed by atoms with Gasteiger partial charge >= 0.3 is 6.09 Å². The van der Waals surface area contributed by atoms with Crippen LogP contribution >= 0.6 is 0 Å². The summed E-state index contributed by atoms with van der Waals surface area (Å²) in [5.41, 5.74) is 6.16. The number of rotatable bonds is 5. The molecule has 0 aromatic rings. The lowest BCUT2D eigenvalue weighted by Gasteiger charge is -2.34. The quantitative estimate of drug-likeness (QED) is 0.423. The Kier molecular flexibility index (Phi) is 3.44. The van der Waals surface area contributed by atoms with E-state index in [9.17, 15) is 14.4 Å². The normalized spacial score (nSPS) is 23.3. The summed E-state index contributed by atoms with van der Waals surface area (Å²) in [7, 11) is 1.30. The van der Waals surface area contributed by atoms with Gasteiger partial charge in [-0.3, -0.25) is 9.59 Å². The fourth-order valence-corrected chi connectivity index (χ4v) is 2.83. The Balaban J connectivity index is 2.14. The molecule has 1 unspecified atom stereocenters. The summed E-state index contributed by atoms with van der Waals surface area (Å²) in [5, 5.41) is 0. The molecule has 8 nitrogen and oxygen atoms in total. The van der Waals surface area contributed by atoms with Gasteiger partial charge in [0.2, 0.25) is 17.4 Å². The largest absolute Gasteiger partial charge is 0.413 e. The van der Waals surface area contributed by atoms with E-state index in [1.54, 1.807) is 11.8 Å². The van der Waals surface area contributed by atoms with Gasteiger partial charge in [0.25, 0.3) is 0 Å². The molecule has 2 N–H and O–H groups in total. The number of Topliss-reactive ketones (excluding diaryl/α,β-unsaturated/α-hetero) is 2. The zero-order chi connectivity index (χ0) is 16.9. The van der Waals surface area contributed by atoms with E-state index >= 15 is 0 Å². The van der Waals surface area contributed by atoms with E-state index in [-0.39, 0.29) is 22.8 Å². The Hall–Kier alpha value is -2.35. The smallest absolute Gasteiger partial charge is 0.407 e. The zero-order valence-corrected chi connectivity index (χ0v) is 13.3. The molecule has 1 atom stereocenters. The SMILES string of the molecule is COC(C)(OC(N)=O)C1=C(N2CC2)C(=O)C(C)=C(N2CC2)C1=O. The Morgan fingerprint density at radius 2 is 1.61 bits per heavy atom. The Morgan fingerprint density at radius 3 is 2.04 bits per heavy atom. The van der Waals surface area contributed by atoms with Crippen LogP contribution in [-0.2, 0) is 19.1 Å². The number of hydrogen-bond acceptors (Lipinski definition) is 7. The van der Waals surface area contributed by atoms with E-state index in [1.165, 1.54) is 14.0 Å². The van der Waals surface area contributed by atoms with Crippen molar-refractivity contribution in [3.8, 4) is 0 Å². The molecule has 23 heavy (non-hydrogen) atoms. The molecule has 0 aromatic heterocycles. The molecular formula is C15H19N3O5. The van der Waals surface area contributed by atoms with Gasteiger partial charge in [0.05, 0.1) is 11.4 Å². The van der Waals surface area contributed by atoms with Gasteiger partial charge in [-0.2, -0.15) is 0 Å². The number of nitrogens with two attached hydrogens (primary N) is 1. The Morgan fingerprint density at radius 1 is 1.09 bits per heavy atom. The highest BCUT2D eigenvalue weighted by Gasteiger charge is 2.50. The van der Waals surface area contributed by atoms with Gasteiger partial charge in [-0.15, -0.1) is 0 Å². The topological polar surface area (TPSA) is 102 Å². The van der Waals surface area contributed by atoms with E-state index in [0.29, 0.717) is 24.4 Å². The number of primary amides is 1. The van der Waals surface area contributed by atoms with Crippen LogP contribution in [-0.4, -0.2) is 66.5 Å². The van der Waals surface area contributed by atoms with E-state index in [2.05, 4.69) is 0 Å². The minimum Gasteiger partial charge on any atom is -0.413 e. The summed E-state index contributed by atoms with van der Waals surface area (Å²) in [6.07, 6.45) is -1.08. The summed E-state index contributed by atoms with van der Waals surface area (Å²) in [6, 6.07) is 0. The molecule has 0 spiro atoms. The van der Waals surface area contributed by atoms with E-state index in [1.807, 2.05) is 4.90 Å². The molecule has 0 aromatic carbocycles. The highest BCUT2D eigenvalue weighted by atomic mass is 16.7. The third-order valence-corrected chi connectivity index (χ3v) is 4.26. The van der Waals surface area contributed by atoms with E-state index < -0.39 is 11.9 Å². The molecule has 3 aliphatic rings. The van der Waals surface area contributed by atoms with Gasteiger partial charge in [-0.1, -0.05) is 0 Å². The van der Waals surface area contributed by atoms with Gasteiger partial charge in [0.15, 0.2) is 0 Å². The number of nitrogens with zero attached hydrogens (tertiary/aromatic N) is 2. The first kappa shape index (κ1) is 15.5. The number of hydrogen-bond donors (Lipinski definition) is 1. The maximum atomic E-state index is 13.0. The van der Waals surface area contributed by atoms with Gasteiger partial charge < -0.3 is 25.0 Å². The van der Waals surface area contributed by atoms with Crippen LogP contribution in [0.2, 0.25) is 0 Å². The molecule has 3 rings (SSSR count). The van der Waals surface area contributed by atoms with Crippen LogP contribution in [0.5, 0.6) is 0 Å². The summed E-state index contributed by atoms with van der Waals surface area (Å²) in [6.45, 7) is 5.84. The Bertz CT molecular complexity index is 673. The highest BCUT2D eigenvalue weighted by molar-refractivity contribution is 6.25. The van der Waals surface area contributed by atoms with Crippen molar-refractivity contribution in [3.63, 3.8) is 0 Å². The third kappa shape index (κ3) is 2.48. The fraction of sp³-hybridized carbons (Fsp3) is 0.533. The monoisotopic (exact) mass is 321 g/mol. The van der Waals surface area contributed by atoms with Gasteiger partial charge in [0, 0.05) is 45.8 Å². The molecule has 2 heterocycles. The second-order valence-corrected chi connectivity index (χ2v) is 5.90. The number of methoxy groups -OCH3 is 1. The second-order valence-electron chi connectivity index (χ2n) is 5.90. The highest BCUT2D eigenvalue weighted by Crippen LogP contribution is 2.39. The molecule has 8 heteroatoms. The standard InChI is InChI=1S/C15H19N3O5/c1-8-10(17-4-5-17)13(20)9(11(12(8)19)18-6-7-18)15(2,22-3)23-14(16)21/h4-7H2,1-3H3,(H2,16,21). The molecule has 2 saturated heterocycles. The minimum atomic E-state index is -1.71. The molecule has 2 aliphatic heterocycles. The van der Waals surface area contributed by atoms with Gasteiger partial charge in [0.1, 0.15) is 5.57 Å². The maximum Gasteiger partial charge on any atom is 0.407 e. The van der Waals surface area contributed by atoms with Crippen molar-refractivity contribution in [2.24, 2.45) is 5.73 Å². The first-order valence-electron chi connectivity index (χ1n) is 7.38. The van der Waals surface area contributed by atoms with Crippen molar-refractivity contribution in [1.29, 1.82) is 0 Å². The Labute approximate surface area is 133 Å². The summed E-state index contributed by atoms with van der Waals surface area (Å²) in [4.78, 5) is 40.7. The van der Waals surface area contributed by atoms with E-state index in [0.717, 1.165) is 13.1 Å². The number of amides is 1. The van der Waals surface area contributed by atoms with Crippen LogP contribution in [0.4, 0.5) is 4.79 Å². The molecule has 2 fully saturated rings. The van der Waals surface area contributed by atoms with Crippen LogP contribution in [0, 0.1) is 0 Å². The molecule has 0 bridgehead atoms. The lowest BCUT2D eigenvalue weighted by atomic mass is 9.87. The van der Waals surface area contributed by atoms with Crippen LogP contribution in [0.15, 0.2) is 22.5 Å². The average Bonchev–Trinajstić information content (AvgIpc) is 3.34. The van der Waals surface area contributed by atoms with Gasteiger partial charge in [-0.25, -0.2) is 4.79 Å². The minimum absolute atomic E-state index is 0.0359. The first-order valence-corrected chi connectivity index (χ1v) is 7.38. The number of allylic oxidation sites excluding steroid dienone is 2. The predicted octanol–water partition coefficient (Wildman–Crippen LogP) is -0.245. The molecule has 0 saturated carbocycles. The molecule has 0 radical (unpaired) electrons. The van der Waals surface area contributed by atoms with Crippen molar-refractivity contribution in [3.05, 3.63) is 22.5 Å². The van der Waals surface area contributed by atoms with Crippen molar-refractivity contribution < 1.29 is 23.9 Å². The summed E-state index contributed by atoms with van der Waals surface area (Å²) < 4.78 is 10.3. The lowest BCUT2D eigenvalue weighted by molar-refractivity contribution is -0.151. The second kappa shape index (κ2) is 5.09. The van der Waals surface area contributed by atoms with Crippen LogP contribution < -0.4 is 5.73 Å². The van der Waals surface area contributed by atoms with E-state index in [4.69, 9.17) is 15.2 Å². The zero-order valence-electron chi connectivity index (χ0n) is 13.3. The lowest BCUT2D eigenvalue weighted by Crippen LogP contribution is -2.45. The molecule has 1 aliphatic carbocycles. The van der Waals surface area contributed by atoms with Crippen LogP contribution in [0.3, 0.4) is 0 Å².